The lowest BCUT2D eigenvalue weighted by Gasteiger charge is -2.17. The molecule has 0 aliphatic heterocycles. The van der Waals surface area contributed by atoms with Crippen LogP contribution in [0.5, 0.6) is 5.88 Å². The fourth-order valence-corrected chi connectivity index (χ4v) is 2.59. The third-order valence-electron chi connectivity index (χ3n) is 3.08. The summed E-state index contributed by atoms with van der Waals surface area (Å²) < 4.78 is 27.5. The summed E-state index contributed by atoms with van der Waals surface area (Å²) >= 11 is 0. The summed E-state index contributed by atoms with van der Waals surface area (Å²) in [5, 5.41) is 6.36. The van der Waals surface area contributed by atoms with Gasteiger partial charge in [0.2, 0.25) is 5.88 Å². The molecule has 0 aliphatic carbocycles. The van der Waals surface area contributed by atoms with E-state index in [1.54, 1.807) is 19.4 Å². The van der Waals surface area contributed by atoms with Gasteiger partial charge >= 0.3 is 0 Å². The van der Waals surface area contributed by atoms with Crippen LogP contribution >= 0.6 is 24.0 Å². The Kier molecular flexibility index (Phi) is 10.9. The molecule has 1 aromatic rings. The fraction of sp³-hybridized carbons (Fsp3) is 0.600. The number of pyridine rings is 1. The molecule has 0 saturated carbocycles. The van der Waals surface area contributed by atoms with Gasteiger partial charge in [-0.2, -0.15) is 0 Å². The first-order valence-electron chi connectivity index (χ1n) is 7.55. The van der Waals surface area contributed by atoms with Crippen LogP contribution in [-0.4, -0.2) is 51.1 Å². The standard InChI is InChI=1S/C15H26N4O3S.HI/c1-5-16-15(19-12(2)8-9-23(4,20)21)18-11-13-6-7-14(22-3)17-10-13;/h6-7,10,12H,5,8-9,11H2,1-4H3,(H2,16,18,19);1H. The smallest absolute Gasteiger partial charge is 0.212 e. The summed E-state index contributed by atoms with van der Waals surface area (Å²) in [5.74, 6) is 1.38. The molecule has 1 heterocycles. The molecule has 0 spiro atoms. The Morgan fingerprint density at radius 2 is 2.12 bits per heavy atom. The van der Waals surface area contributed by atoms with E-state index in [0.29, 0.717) is 24.8 Å². The Morgan fingerprint density at radius 3 is 2.62 bits per heavy atom. The maximum atomic E-state index is 11.2. The minimum atomic E-state index is -2.95. The zero-order valence-electron chi connectivity index (χ0n) is 14.6. The summed E-state index contributed by atoms with van der Waals surface area (Å²) in [5.41, 5.74) is 0.965. The molecule has 2 N–H and O–H groups in total. The van der Waals surface area contributed by atoms with Crippen LogP contribution in [-0.2, 0) is 16.4 Å². The van der Waals surface area contributed by atoms with Crippen molar-refractivity contribution in [1.82, 2.24) is 15.6 Å². The molecule has 0 amide bonds. The van der Waals surface area contributed by atoms with Crippen molar-refractivity contribution >= 4 is 39.8 Å². The number of methoxy groups -OCH3 is 1. The molecular weight excluding hydrogens is 443 g/mol. The number of nitrogens with zero attached hydrogens (tertiary/aromatic N) is 2. The Hall–Kier alpha value is -1.10. The van der Waals surface area contributed by atoms with Crippen molar-refractivity contribution in [1.29, 1.82) is 0 Å². The van der Waals surface area contributed by atoms with Gasteiger partial charge in [0.15, 0.2) is 5.96 Å². The molecule has 0 radical (unpaired) electrons. The highest BCUT2D eigenvalue weighted by molar-refractivity contribution is 14.0. The Bertz CT molecular complexity index is 606. The number of rotatable bonds is 8. The van der Waals surface area contributed by atoms with E-state index in [2.05, 4.69) is 20.6 Å². The molecule has 0 aromatic carbocycles. The molecule has 0 saturated heterocycles. The second kappa shape index (κ2) is 11.5. The van der Waals surface area contributed by atoms with Crippen molar-refractivity contribution in [3.63, 3.8) is 0 Å². The van der Waals surface area contributed by atoms with E-state index in [0.717, 1.165) is 12.1 Å². The van der Waals surface area contributed by atoms with E-state index in [-0.39, 0.29) is 35.8 Å². The number of sulfone groups is 1. The van der Waals surface area contributed by atoms with Gasteiger partial charge < -0.3 is 15.4 Å². The molecule has 0 fully saturated rings. The van der Waals surface area contributed by atoms with Crippen molar-refractivity contribution in [2.45, 2.75) is 32.9 Å². The lowest BCUT2D eigenvalue weighted by Crippen LogP contribution is -2.42. The van der Waals surface area contributed by atoms with Crippen molar-refractivity contribution in [2.75, 3.05) is 25.7 Å². The van der Waals surface area contributed by atoms with Crippen molar-refractivity contribution < 1.29 is 13.2 Å². The lowest BCUT2D eigenvalue weighted by molar-refractivity contribution is 0.397. The van der Waals surface area contributed by atoms with Crippen LogP contribution in [0.2, 0.25) is 0 Å². The predicted molar refractivity (Wildman–Crippen MR) is 108 cm³/mol. The van der Waals surface area contributed by atoms with Gasteiger partial charge in [0.05, 0.1) is 19.4 Å². The highest BCUT2D eigenvalue weighted by Gasteiger charge is 2.09. The largest absolute Gasteiger partial charge is 0.481 e. The van der Waals surface area contributed by atoms with Crippen LogP contribution in [0.4, 0.5) is 0 Å². The summed E-state index contributed by atoms with van der Waals surface area (Å²) in [6.45, 7) is 5.12. The lowest BCUT2D eigenvalue weighted by atomic mass is 10.2. The number of hydrogen-bond acceptors (Lipinski definition) is 5. The molecule has 1 rings (SSSR count). The van der Waals surface area contributed by atoms with E-state index in [4.69, 9.17) is 4.74 Å². The van der Waals surface area contributed by atoms with Crippen LogP contribution in [0.25, 0.3) is 0 Å². The Morgan fingerprint density at radius 1 is 1.42 bits per heavy atom. The summed E-state index contributed by atoms with van der Waals surface area (Å²) in [6, 6.07) is 3.71. The van der Waals surface area contributed by atoms with E-state index in [1.807, 2.05) is 19.9 Å². The first-order chi connectivity index (χ1) is 10.8. The first-order valence-corrected chi connectivity index (χ1v) is 9.61. The molecule has 1 unspecified atom stereocenters. The summed E-state index contributed by atoms with van der Waals surface area (Å²) in [7, 11) is -1.37. The average Bonchev–Trinajstić information content (AvgIpc) is 2.51. The SMILES string of the molecule is CCNC(=NCc1ccc(OC)nc1)NC(C)CCS(C)(=O)=O.I. The molecule has 138 valence electrons. The third-order valence-corrected chi connectivity index (χ3v) is 4.05. The molecule has 1 atom stereocenters. The van der Waals surface area contributed by atoms with E-state index in [1.165, 1.54) is 6.26 Å². The number of halogens is 1. The number of guanidine groups is 1. The maximum absolute atomic E-state index is 11.2. The van der Waals surface area contributed by atoms with Crippen LogP contribution in [0, 0.1) is 0 Å². The maximum Gasteiger partial charge on any atom is 0.212 e. The van der Waals surface area contributed by atoms with Gasteiger partial charge in [-0.1, -0.05) is 6.07 Å². The fourth-order valence-electron chi connectivity index (χ4n) is 1.81. The van der Waals surface area contributed by atoms with E-state index >= 15 is 0 Å². The van der Waals surface area contributed by atoms with Gasteiger partial charge in [-0.05, 0) is 25.8 Å². The monoisotopic (exact) mass is 470 g/mol. The van der Waals surface area contributed by atoms with Gasteiger partial charge in [-0.15, -0.1) is 24.0 Å². The molecule has 0 bridgehead atoms. The molecule has 7 nitrogen and oxygen atoms in total. The van der Waals surface area contributed by atoms with Crippen molar-refractivity contribution in [3.05, 3.63) is 23.9 Å². The minimum absolute atomic E-state index is 0. The van der Waals surface area contributed by atoms with Crippen LogP contribution in [0.3, 0.4) is 0 Å². The van der Waals surface area contributed by atoms with Crippen LogP contribution in [0.1, 0.15) is 25.8 Å². The summed E-state index contributed by atoms with van der Waals surface area (Å²) in [4.78, 5) is 8.63. The average molecular weight is 470 g/mol. The van der Waals surface area contributed by atoms with Crippen LogP contribution < -0.4 is 15.4 Å². The van der Waals surface area contributed by atoms with E-state index in [9.17, 15) is 8.42 Å². The minimum Gasteiger partial charge on any atom is -0.481 e. The number of aromatic nitrogens is 1. The highest BCUT2D eigenvalue weighted by atomic mass is 127. The summed E-state index contributed by atoms with van der Waals surface area (Å²) in [6.07, 6.45) is 3.50. The highest BCUT2D eigenvalue weighted by Crippen LogP contribution is 2.07. The zero-order chi connectivity index (χ0) is 17.3. The number of aliphatic imine (C=N–C) groups is 1. The number of nitrogens with one attached hydrogen (secondary N) is 2. The topological polar surface area (TPSA) is 92.7 Å². The van der Waals surface area contributed by atoms with Gasteiger partial charge in [0, 0.05) is 31.1 Å². The van der Waals surface area contributed by atoms with Gasteiger partial charge in [0.1, 0.15) is 9.84 Å². The molecule has 0 aliphatic rings. The molecule has 9 heteroatoms. The Balaban J connectivity index is 0.00000529. The quantitative estimate of drug-likeness (QED) is 0.341. The molecule has 1 aromatic heterocycles. The Labute approximate surface area is 161 Å². The second-order valence-electron chi connectivity index (χ2n) is 5.37. The van der Waals surface area contributed by atoms with Gasteiger partial charge in [-0.25, -0.2) is 18.4 Å². The van der Waals surface area contributed by atoms with Gasteiger partial charge in [0.25, 0.3) is 0 Å². The zero-order valence-corrected chi connectivity index (χ0v) is 17.7. The molecule has 24 heavy (non-hydrogen) atoms. The first kappa shape index (κ1) is 22.9. The second-order valence-corrected chi connectivity index (χ2v) is 7.63. The predicted octanol–water partition coefficient (Wildman–Crippen LogP) is 1.59. The van der Waals surface area contributed by atoms with Crippen molar-refractivity contribution in [3.8, 4) is 5.88 Å². The van der Waals surface area contributed by atoms with E-state index < -0.39 is 9.84 Å². The van der Waals surface area contributed by atoms with Gasteiger partial charge in [-0.3, -0.25) is 0 Å². The number of hydrogen-bond donors (Lipinski definition) is 2. The third kappa shape index (κ3) is 9.91. The molecular formula is C15H27IN4O3S. The van der Waals surface area contributed by atoms with Crippen LogP contribution in [0.15, 0.2) is 23.3 Å². The normalized spacial score (nSPS) is 12.9. The number of ether oxygens (including phenoxy) is 1. The van der Waals surface area contributed by atoms with Crippen molar-refractivity contribution in [2.24, 2.45) is 4.99 Å².